The molecule has 1 aromatic carbocycles. The van der Waals surface area contributed by atoms with Gasteiger partial charge >= 0.3 is 0 Å². The summed E-state index contributed by atoms with van der Waals surface area (Å²) >= 11 is 0. The van der Waals surface area contributed by atoms with Crippen molar-refractivity contribution in [2.45, 2.75) is 44.4 Å². The Kier molecular flexibility index (Phi) is 3.92. The number of fused-ring (bicyclic) bond motifs is 1. The smallest absolute Gasteiger partial charge is 0.144 e. The third kappa shape index (κ3) is 2.41. The number of aliphatic hydroxyl groups excluding tert-OH is 4. The normalized spacial score (nSPS) is 32.5. The minimum absolute atomic E-state index is 0.358. The van der Waals surface area contributed by atoms with E-state index >= 15 is 0 Å². The van der Waals surface area contributed by atoms with E-state index in [1.54, 1.807) is 0 Å². The van der Waals surface area contributed by atoms with Crippen molar-refractivity contribution in [2.24, 2.45) is 0 Å². The highest BCUT2D eigenvalue weighted by molar-refractivity contribution is 5.77. The summed E-state index contributed by atoms with van der Waals surface area (Å²) in [5.74, 6) is 0.358. The summed E-state index contributed by atoms with van der Waals surface area (Å²) in [7, 11) is 0. The quantitative estimate of drug-likeness (QED) is 0.519. The number of aromatic amines is 1. The number of nitrogens with one attached hydrogen (secondary N) is 1. The molecule has 1 saturated heterocycles. The average Bonchev–Trinajstić information content (AvgIpc) is 2.88. The molecule has 1 aliphatic heterocycles. The van der Waals surface area contributed by atoms with Crippen molar-refractivity contribution in [3.8, 4) is 0 Å². The number of H-pyrrole nitrogens is 1. The summed E-state index contributed by atoms with van der Waals surface area (Å²) in [5.41, 5.74) is 3.74. The van der Waals surface area contributed by atoms with Gasteiger partial charge in [0.2, 0.25) is 0 Å². The van der Waals surface area contributed by atoms with Crippen molar-refractivity contribution < 1.29 is 25.2 Å². The van der Waals surface area contributed by atoms with Crippen molar-refractivity contribution in [3.05, 3.63) is 29.1 Å². The largest absolute Gasteiger partial charge is 0.394 e. The predicted molar refractivity (Wildman–Crippen MR) is 78.3 cm³/mol. The highest BCUT2D eigenvalue weighted by Gasteiger charge is 2.45. The number of nitrogens with zero attached hydrogens (tertiary/aromatic N) is 1. The van der Waals surface area contributed by atoms with Crippen LogP contribution in [0.2, 0.25) is 0 Å². The first-order chi connectivity index (χ1) is 10.4. The fourth-order valence-electron chi connectivity index (χ4n) is 2.75. The Bertz CT molecular complexity index is 645. The molecule has 3 rings (SSSR count). The number of aliphatic hydroxyl groups is 4. The molecule has 120 valence electrons. The molecule has 0 amide bonds. The summed E-state index contributed by atoms with van der Waals surface area (Å²) in [6.45, 7) is 3.51. The van der Waals surface area contributed by atoms with E-state index in [9.17, 15) is 20.4 Å². The second kappa shape index (κ2) is 5.60. The van der Waals surface area contributed by atoms with Gasteiger partial charge in [0, 0.05) is 0 Å². The Balaban J connectivity index is 1.98. The number of benzene rings is 1. The van der Waals surface area contributed by atoms with Gasteiger partial charge in [-0.3, -0.25) is 0 Å². The van der Waals surface area contributed by atoms with Crippen molar-refractivity contribution >= 4 is 11.0 Å². The summed E-state index contributed by atoms with van der Waals surface area (Å²) in [5, 5.41) is 39.0. The van der Waals surface area contributed by atoms with Gasteiger partial charge in [0.1, 0.15) is 36.3 Å². The SMILES string of the molecule is Cc1cc2nc([C@@H]3O[C@H](CO)[C@@H](O)[C@H](O)[C@H]3O)[nH]c2cc1C. The monoisotopic (exact) mass is 308 g/mol. The molecule has 5 atom stereocenters. The van der Waals surface area contributed by atoms with Gasteiger partial charge in [0.25, 0.3) is 0 Å². The zero-order chi connectivity index (χ0) is 16.0. The van der Waals surface area contributed by atoms with E-state index in [1.165, 1.54) is 0 Å². The highest BCUT2D eigenvalue weighted by Crippen LogP contribution is 2.32. The molecule has 0 bridgehead atoms. The minimum atomic E-state index is -1.41. The number of aromatic nitrogens is 2. The molecule has 22 heavy (non-hydrogen) atoms. The fourth-order valence-corrected chi connectivity index (χ4v) is 2.75. The standard InChI is InChI=1S/C15H20N2O5/c1-6-3-8-9(4-7(6)2)17-15(16-8)14-13(21)12(20)11(19)10(5-18)22-14/h3-4,10-14,18-21H,5H2,1-2H3,(H,16,17)/t10-,11-,12+,13-,14-/m1/s1. The molecule has 0 radical (unpaired) electrons. The lowest BCUT2D eigenvalue weighted by molar-refractivity contribution is -0.233. The third-order valence-electron chi connectivity index (χ3n) is 4.28. The first-order valence-electron chi connectivity index (χ1n) is 7.19. The zero-order valence-electron chi connectivity index (χ0n) is 12.4. The van der Waals surface area contributed by atoms with Crippen LogP contribution in [0.15, 0.2) is 12.1 Å². The number of rotatable bonds is 2. The molecule has 1 aliphatic rings. The van der Waals surface area contributed by atoms with Crippen LogP contribution < -0.4 is 0 Å². The lowest BCUT2D eigenvalue weighted by atomic mass is 9.95. The highest BCUT2D eigenvalue weighted by atomic mass is 16.5. The fraction of sp³-hybridized carbons (Fsp3) is 0.533. The van der Waals surface area contributed by atoms with E-state index in [4.69, 9.17) is 4.74 Å². The van der Waals surface area contributed by atoms with Crippen molar-refractivity contribution in [2.75, 3.05) is 6.61 Å². The van der Waals surface area contributed by atoms with Gasteiger partial charge < -0.3 is 30.1 Å². The summed E-state index contributed by atoms with van der Waals surface area (Å²) in [6.07, 6.45) is -6.00. The average molecular weight is 308 g/mol. The molecule has 7 heteroatoms. The maximum atomic E-state index is 10.1. The summed E-state index contributed by atoms with van der Waals surface area (Å²) in [6, 6.07) is 3.87. The molecule has 0 aliphatic carbocycles. The number of imidazole rings is 1. The van der Waals surface area contributed by atoms with Crippen LogP contribution in [0.3, 0.4) is 0 Å². The Hall–Kier alpha value is -1.51. The van der Waals surface area contributed by atoms with Crippen LogP contribution in [0, 0.1) is 13.8 Å². The van der Waals surface area contributed by atoms with Gasteiger partial charge in [0.15, 0.2) is 0 Å². The molecule has 1 fully saturated rings. The topological polar surface area (TPSA) is 119 Å². The van der Waals surface area contributed by atoms with Gasteiger partial charge in [-0.05, 0) is 37.1 Å². The minimum Gasteiger partial charge on any atom is -0.394 e. The van der Waals surface area contributed by atoms with E-state index in [1.807, 2.05) is 26.0 Å². The molecule has 0 saturated carbocycles. The van der Waals surface area contributed by atoms with Crippen molar-refractivity contribution in [3.63, 3.8) is 0 Å². The number of ether oxygens (including phenoxy) is 1. The van der Waals surface area contributed by atoms with E-state index in [-0.39, 0.29) is 0 Å². The number of aryl methyl sites for hydroxylation is 2. The molecule has 0 unspecified atom stereocenters. The van der Waals surface area contributed by atoms with Gasteiger partial charge in [-0.2, -0.15) is 0 Å². The second-order valence-electron chi connectivity index (χ2n) is 5.83. The maximum absolute atomic E-state index is 10.1. The molecule has 0 spiro atoms. The Labute approximate surface area is 127 Å². The predicted octanol–water partition coefficient (Wildman–Crippen LogP) is -0.305. The lowest BCUT2D eigenvalue weighted by Crippen LogP contribution is -2.55. The molecular weight excluding hydrogens is 288 g/mol. The summed E-state index contributed by atoms with van der Waals surface area (Å²) in [4.78, 5) is 7.48. The van der Waals surface area contributed by atoms with E-state index in [0.717, 1.165) is 22.2 Å². The molecule has 5 N–H and O–H groups in total. The Morgan fingerprint density at radius 1 is 1.09 bits per heavy atom. The number of hydrogen-bond donors (Lipinski definition) is 5. The zero-order valence-corrected chi connectivity index (χ0v) is 12.4. The maximum Gasteiger partial charge on any atom is 0.144 e. The van der Waals surface area contributed by atoms with Crippen LogP contribution in [-0.4, -0.2) is 61.4 Å². The Morgan fingerprint density at radius 2 is 1.77 bits per heavy atom. The van der Waals surface area contributed by atoms with E-state index in [2.05, 4.69) is 9.97 Å². The van der Waals surface area contributed by atoms with Crippen LogP contribution in [0.5, 0.6) is 0 Å². The second-order valence-corrected chi connectivity index (χ2v) is 5.83. The van der Waals surface area contributed by atoms with Gasteiger partial charge in [-0.25, -0.2) is 4.98 Å². The van der Waals surface area contributed by atoms with Crippen LogP contribution in [-0.2, 0) is 4.74 Å². The molecular formula is C15H20N2O5. The van der Waals surface area contributed by atoms with E-state index in [0.29, 0.717) is 5.82 Å². The lowest BCUT2D eigenvalue weighted by Gasteiger charge is -2.39. The van der Waals surface area contributed by atoms with Crippen molar-refractivity contribution in [1.29, 1.82) is 0 Å². The molecule has 7 nitrogen and oxygen atoms in total. The number of hydrogen-bond acceptors (Lipinski definition) is 6. The first-order valence-corrected chi connectivity index (χ1v) is 7.19. The van der Waals surface area contributed by atoms with Gasteiger partial charge in [0.05, 0.1) is 17.6 Å². The molecule has 1 aromatic heterocycles. The van der Waals surface area contributed by atoms with E-state index < -0.39 is 37.1 Å². The molecule has 2 heterocycles. The third-order valence-corrected chi connectivity index (χ3v) is 4.28. The summed E-state index contributed by atoms with van der Waals surface area (Å²) < 4.78 is 5.50. The van der Waals surface area contributed by atoms with Crippen molar-refractivity contribution in [1.82, 2.24) is 9.97 Å². The molecule has 2 aromatic rings. The first kappa shape index (κ1) is 15.4. The Morgan fingerprint density at radius 3 is 2.45 bits per heavy atom. The van der Waals surface area contributed by atoms with Crippen LogP contribution in [0.4, 0.5) is 0 Å². The van der Waals surface area contributed by atoms with Crippen LogP contribution in [0.25, 0.3) is 11.0 Å². The van der Waals surface area contributed by atoms with Crippen LogP contribution in [0.1, 0.15) is 23.1 Å². The van der Waals surface area contributed by atoms with Gasteiger partial charge in [-0.1, -0.05) is 0 Å². The van der Waals surface area contributed by atoms with Crippen LogP contribution >= 0.6 is 0 Å². The van der Waals surface area contributed by atoms with Gasteiger partial charge in [-0.15, -0.1) is 0 Å².